The van der Waals surface area contributed by atoms with Gasteiger partial charge in [-0.25, -0.2) is 4.98 Å². The molecule has 4 rings (SSSR count). The van der Waals surface area contributed by atoms with Gasteiger partial charge in [0.25, 0.3) is 11.9 Å². The Bertz CT molecular complexity index is 1300. The van der Waals surface area contributed by atoms with Gasteiger partial charge < -0.3 is 27.0 Å². The van der Waals surface area contributed by atoms with Crippen LogP contribution in [0.15, 0.2) is 54.7 Å². The maximum atomic E-state index is 11.4. The van der Waals surface area contributed by atoms with E-state index >= 15 is 0 Å². The number of aromatic amines is 1. The third-order valence-corrected chi connectivity index (χ3v) is 3.93. The number of aliphatic carboxylic acids is 2. The highest BCUT2D eigenvalue weighted by Crippen LogP contribution is 2.29. The van der Waals surface area contributed by atoms with Gasteiger partial charge in [0, 0.05) is 42.2 Å². The van der Waals surface area contributed by atoms with Crippen LogP contribution in [0.3, 0.4) is 0 Å². The molecule has 0 aliphatic carbocycles. The zero-order chi connectivity index (χ0) is 25.3. The third kappa shape index (κ3) is 7.60. The fourth-order valence-corrected chi connectivity index (χ4v) is 2.72. The number of nitrogen functional groups attached to an aromatic ring is 1. The van der Waals surface area contributed by atoms with Gasteiger partial charge in [-0.05, 0) is 36.4 Å². The molecule has 34 heavy (non-hydrogen) atoms. The second-order valence-corrected chi connectivity index (χ2v) is 6.74. The summed E-state index contributed by atoms with van der Waals surface area (Å²) in [4.78, 5) is 37.4. The number of aromatic nitrogens is 4. The summed E-state index contributed by atoms with van der Waals surface area (Å²) in [5, 5.41) is 26.3. The number of nitrogens with one attached hydrogen (secondary N) is 2. The molecular weight excluding hydrogens is 442 g/mol. The number of hydrogen-bond acceptors (Lipinski definition) is 8. The van der Waals surface area contributed by atoms with E-state index in [1.165, 1.54) is 0 Å². The van der Waals surface area contributed by atoms with E-state index in [9.17, 15) is 4.79 Å². The average Bonchev–Trinajstić information content (AvgIpc) is 3.16. The lowest BCUT2D eigenvalue weighted by molar-refractivity contribution is -0.135. The van der Waals surface area contributed by atoms with Crippen LogP contribution in [0.1, 0.15) is 24.2 Å². The van der Waals surface area contributed by atoms with Crippen molar-refractivity contribution in [2.45, 2.75) is 13.8 Å². The summed E-state index contributed by atoms with van der Waals surface area (Å²) in [5.74, 6) is -1.35. The second kappa shape index (κ2) is 11.6. The Morgan fingerprint density at radius 1 is 1.00 bits per heavy atom. The topological polar surface area (TPSA) is 210 Å². The number of nitrogens with two attached hydrogens (primary N) is 2. The lowest BCUT2D eigenvalue weighted by Crippen LogP contribution is -2.10. The molecule has 0 saturated heterocycles. The number of amides is 1. The standard InChI is InChI=1S/C18H15N7O.2C2H4O2/c19-17(26)11-3-1-2-10(8-11)16-13-9-12(4-5-14(13)24-25-16)22-15-6-7-21-18(20)23-15;2*1-2(3)4/h1-9H,(H2,19,26)(H,24,25)(H3,20,21,22,23);2*1H3,(H,3,4). The van der Waals surface area contributed by atoms with Crippen molar-refractivity contribution in [3.05, 3.63) is 60.3 Å². The van der Waals surface area contributed by atoms with Gasteiger partial charge in [0.1, 0.15) is 5.82 Å². The van der Waals surface area contributed by atoms with E-state index < -0.39 is 17.8 Å². The summed E-state index contributed by atoms with van der Waals surface area (Å²) in [7, 11) is 0. The Kier molecular flexibility index (Phi) is 8.60. The highest BCUT2D eigenvalue weighted by Gasteiger charge is 2.11. The van der Waals surface area contributed by atoms with Crippen LogP contribution in [0.4, 0.5) is 17.5 Å². The normalized spacial score (nSPS) is 9.71. The van der Waals surface area contributed by atoms with Crippen LogP contribution < -0.4 is 16.8 Å². The van der Waals surface area contributed by atoms with Gasteiger partial charge >= 0.3 is 0 Å². The molecule has 0 unspecified atom stereocenters. The number of carbonyl (C=O) groups excluding carboxylic acids is 1. The minimum Gasteiger partial charge on any atom is -0.481 e. The van der Waals surface area contributed by atoms with Crippen molar-refractivity contribution in [3.8, 4) is 11.3 Å². The number of nitrogens with zero attached hydrogens (tertiary/aromatic N) is 3. The summed E-state index contributed by atoms with van der Waals surface area (Å²) in [6.07, 6.45) is 1.59. The highest BCUT2D eigenvalue weighted by atomic mass is 16.4. The van der Waals surface area contributed by atoms with Crippen molar-refractivity contribution in [2.75, 3.05) is 11.1 Å². The molecular formula is C22H23N7O5. The Morgan fingerprint density at radius 3 is 2.29 bits per heavy atom. The van der Waals surface area contributed by atoms with Gasteiger partial charge in [-0.2, -0.15) is 10.1 Å². The van der Waals surface area contributed by atoms with Gasteiger partial charge in [0.2, 0.25) is 11.9 Å². The van der Waals surface area contributed by atoms with Crippen LogP contribution in [-0.4, -0.2) is 48.2 Å². The second-order valence-electron chi connectivity index (χ2n) is 6.74. The molecule has 2 aromatic carbocycles. The van der Waals surface area contributed by atoms with E-state index in [1.807, 2.05) is 24.3 Å². The molecule has 12 nitrogen and oxygen atoms in total. The van der Waals surface area contributed by atoms with Crippen LogP contribution in [0.2, 0.25) is 0 Å². The first-order valence-electron chi connectivity index (χ1n) is 9.69. The predicted octanol–water partition coefficient (Wildman–Crippen LogP) is 2.63. The largest absolute Gasteiger partial charge is 0.481 e. The number of carboxylic acid groups (broad SMARTS) is 2. The lowest BCUT2D eigenvalue weighted by Gasteiger charge is -2.06. The molecule has 176 valence electrons. The van der Waals surface area contributed by atoms with Crippen molar-refractivity contribution < 1.29 is 24.6 Å². The number of H-pyrrole nitrogens is 1. The SMILES string of the molecule is CC(=O)O.CC(=O)O.NC(=O)c1cccc(-c2n[nH]c3ccc(Nc4ccnc(N)n4)cc23)c1. The Hall–Kier alpha value is -5.00. The number of hydrogen-bond donors (Lipinski definition) is 6. The molecule has 8 N–H and O–H groups in total. The first-order chi connectivity index (χ1) is 16.1. The minimum absolute atomic E-state index is 0.198. The molecule has 0 bridgehead atoms. The fourth-order valence-electron chi connectivity index (χ4n) is 2.72. The number of fused-ring (bicyclic) bond motifs is 1. The zero-order valence-corrected chi connectivity index (χ0v) is 18.3. The van der Waals surface area contributed by atoms with Crippen LogP contribution in [0.5, 0.6) is 0 Å². The molecule has 0 aliphatic heterocycles. The van der Waals surface area contributed by atoms with E-state index in [2.05, 4.69) is 25.5 Å². The average molecular weight is 465 g/mol. The maximum absolute atomic E-state index is 11.4. The quantitative estimate of drug-likeness (QED) is 0.259. The molecule has 0 radical (unpaired) electrons. The van der Waals surface area contributed by atoms with Crippen molar-refractivity contribution >= 4 is 46.2 Å². The summed E-state index contributed by atoms with van der Waals surface area (Å²) in [6.45, 7) is 2.17. The molecule has 0 spiro atoms. The van der Waals surface area contributed by atoms with Crippen LogP contribution >= 0.6 is 0 Å². The molecule has 2 aromatic heterocycles. The minimum atomic E-state index is -0.833. The highest BCUT2D eigenvalue weighted by molar-refractivity contribution is 5.98. The van der Waals surface area contributed by atoms with Crippen LogP contribution in [0.25, 0.3) is 22.2 Å². The molecule has 1 amide bonds. The molecule has 4 aromatic rings. The Labute approximate surface area is 193 Å². The number of carboxylic acids is 2. The third-order valence-electron chi connectivity index (χ3n) is 3.93. The molecule has 0 fully saturated rings. The number of primary amides is 1. The Balaban J connectivity index is 0.000000446. The molecule has 12 heteroatoms. The van der Waals surface area contributed by atoms with Gasteiger partial charge in [0.05, 0.1) is 11.2 Å². The van der Waals surface area contributed by atoms with E-state index in [-0.39, 0.29) is 5.95 Å². The monoisotopic (exact) mass is 465 g/mol. The molecule has 2 heterocycles. The van der Waals surface area contributed by atoms with E-state index in [4.69, 9.17) is 31.3 Å². The number of carbonyl (C=O) groups is 3. The fraction of sp³-hybridized carbons (Fsp3) is 0.0909. The smallest absolute Gasteiger partial charge is 0.300 e. The molecule has 0 atom stereocenters. The predicted molar refractivity (Wildman–Crippen MR) is 126 cm³/mol. The van der Waals surface area contributed by atoms with Crippen molar-refractivity contribution in [3.63, 3.8) is 0 Å². The summed E-state index contributed by atoms with van der Waals surface area (Å²) in [5.41, 5.74) is 14.6. The summed E-state index contributed by atoms with van der Waals surface area (Å²) < 4.78 is 0. The van der Waals surface area contributed by atoms with Gasteiger partial charge in [0.15, 0.2) is 0 Å². The van der Waals surface area contributed by atoms with Crippen molar-refractivity contribution in [1.29, 1.82) is 0 Å². The van der Waals surface area contributed by atoms with Crippen molar-refractivity contribution in [1.82, 2.24) is 20.2 Å². The van der Waals surface area contributed by atoms with E-state index in [0.29, 0.717) is 11.4 Å². The maximum Gasteiger partial charge on any atom is 0.300 e. The molecule has 0 saturated carbocycles. The first-order valence-corrected chi connectivity index (χ1v) is 9.69. The number of benzene rings is 2. The zero-order valence-electron chi connectivity index (χ0n) is 18.3. The van der Waals surface area contributed by atoms with Crippen LogP contribution in [0, 0.1) is 0 Å². The van der Waals surface area contributed by atoms with Crippen molar-refractivity contribution in [2.24, 2.45) is 5.73 Å². The summed E-state index contributed by atoms with van der Waals surface area (Å²) >= 11 is 0. The van der Waals surface area contributed by atoms with Gasteiger partial charge in [-0.1, -0.05) is 12.1 Å². The lowest BCUT2D eigenvalue weighted by atomic mass is 10.0. The van der Waals surface area contributed by atoms with Crippen LogP contribution in [-0.2, 0) is 9.59 Å². The van der Waals surface area contributed by atoms with E-state index in [0.717, 1.165) is 41.7 Å². The number of rotatable bonds is 4. The number of anilines is 3. The van der Waals surface area contributed by atoms with Gasteiger partial charge in [-0.15, -0.1) is 0 Å². The summed E-state index contributed by atoms with van der Waals surface area (Å²) in [6, 6.07) is 14.6. The van der Waals surface area contributed by atoms with Gasteiger partial charge in [-0.3, -0.25) is 19.5 Å². The Morgan fingerprint density at radius 2 is 1.68 bits per heavy atom. The first kappa shape index (κ1) is 25.3. The van der Waals surface area contributed by atoms with E-state index in [1.54, 1.807) is 30.5 Å². The molecule has 0 aliphatic rings.